The standard InChI is InChI=1S/C13H16N2O4S2/c1-19-7-6-15(10-11-3-2-8-20-11)21(17,18)13-9-14-5-4-12(13)16/h2-5,8-9H,6-7,10H2,1H3,(H,14,16). The Balaban J connectivity index is 2.34. The van der Waals surface area contributed by atoms with E-state index in [1.54, 1.807) is 0 Å². The number of aromatic nitrogens is 1. The summed E-state index contributed by atoms with van der Waals surface area (Å²) in [4.78, 5) is 15.1. The van der Waals surface area contributed by atoms with Gasteiger partial charge in [-0.15, -0.1) is 11.3 Å². The molecule has 0 spiro atoms. The molecule has 0 bridgehead atoms. The van der Waals surface area contributed by atoms with Gasteiger partial charge in [0.05, 0.1) is 6.61 Å². The zero-order valence-corrected chi connectivity index (χ0v) is 13.1. The number of sulfonamides is 1. The van der Waals surface area contributed by atoms with Gasteiger partial charge < -0.3 is 9.72 Å². The van der Waals surface area contributed by atoms with Crippen LogP contribution >= 0.6 is 11.3 Å². The average Bonchev–Trinajstić information content (AvgIpc) is 2.96. The van der Waals surface area contributed by atoms with E-state index >= 15 is 0 Å². The molecule has 2 heterocycles. The third-order valence-electron chi connectivity index (χ3n) is 2.86. The van der Waals surface area contributed by atoms with E-state index in [1.165, 1.54) is 41.2 Å². The van der Waals surface area contributed by atoms with Crippen molar-refractivity contribution in [1.29, 1.82) is 0 Å². The van der Waals surface area contributed by atoms with Crippen LogP contribution in [-0.4, -0.2) is 38.0 Å². The maximum atomic E-state index is 12.6. The molecule has 0 fully saturated rings. The van der Waals surface area contributed by atoms with Crippen molar-refractivity contribution in [2.75, 3.05) is 20.3 Å². The minimum atomic E-state index is -3.86. The van der Waals surface area contributed by atoms with Crippen molar-refractivity contribution in [3.8, 4) is 0 Å². The SMILES string of the molecule is COCCN(Cc1cccs1)S(=O)(=O)c1c[nH]ccc1=O. The van der Waals surface area contributed by atoms with Crippen LogP contribution in [0.15, 0.2) is 45.7 Å². The fraction of sp³-hybridized carbons (Fsp3) is 0.308. The van der Waals surface area contributed by atoms with Crippen LogP contribution in [0.25, 0.3) is 0 Å². The van der Waals surface area contributed by atoms with E-state index in [4.69, 9.17) is 4.74 Å². The Morgan fingerprint density at radius 1 is 1.38 bits per heavy atom. The second-order valence-electron chi connectivity index (χ2n) is 4.28. The second kappa shape index (κ2) is 6.99. The molecule has 21 heavy (non-hydrogen) atoms. The molecule has 0 aliphatic carbocycles. The predicted octanol–water partition coefficient (Wildman–Crippen LogP) is 1.27. The molecule has 6 nitrogen and oxygen atoms in total. The number of rotatable bonds is 7. The van der Waals surface area contributed by atoms with E-state index in [9.17, 15) is 13.2 Å². The Morgan fingerprint density at radius 3 is 2.81 bits per heavy atom. The number of nitrogens with one attached hydrogen (secondary N) is 1. The van der Waals surface area contributed by atoms with E-state index in [2.05, 4.69) is 4.98 Å². The van der Waals surface area contributed by atoms with Crippen molar-refractivity contribution in [1.82, 2.24) is 9.29 Å². The van der Waals surface area contributed by atoms with Gasteiger partial charge in [-0.3, -0.25) is 4.79 Å². The molecule has 0 aliphatic heterocycles. The number of aromatic amines is 1. The summed E-state index contributed by atoms with van der Waals surface area (Å²) in [6.07, 6.45) is 2.62. The fourth-order valence-corrected chi connectivity index (χ4v) is 4.04. The van der Waals surface area contributed by atoms with Crippen molar-refractivity contribution in [2.45, 2.75) is 11.4 Å². The molecular formula is C13H16N2O4S2. The molecule has 1 N–H and O–H groups in total. The van der Waals surface area contributed by atoms with Gasteiger partial charge in [0.15, 0.2) is 0 Å². The predicted molar refractivity (Wildman–Crippen MR) is 80.9 cm³/mol. The number of hydrogen-bond acceptors (Lipinski definition) is 5. The third-order valence-corrected chi connectivity index (χ3v) is 5.59. The summed E-state index contributed by atoms with van der Waals surface area (Å²) in [6, 6.07) is 4.91. The highest BCUT2D eigenvalue weighted by atomic mass is 32.2. The van der Waals surface area contributed by atoms with Crippen molar-refractivity contribution in [2.24, 2.45) is 0 Å². The molecule has 8 heteroatoms. The molecule has 2 rings (SSSR count). The van der Waals surface area contributed by atoms with Crippen LogP contribution in [0.3, 0.4) is 0 Å². The fourth-order valence-electron chi connectivity index (χ4n) is 1.80. The largest absolute Gasteiger partial charge is 0.383 e. The van der Waals surface area contributed by atoms with Gasteiger partial charge >= 0.3 is 0 Å². The molecule has 0 unspecified atom stereocenters. The molecule has 2 aromatic rings. The summed E-state index contributed by atoms with van der Waals surface area (Å²) in [5.74, 6) is 0. The zero-order chi connectivity index (χ0) is 15.3. The highest BCUT2D eigenvalue weighted by Gasteiger charge is 2.27. The molecule has 0 atom stereocenters. The Labute approximate surface area is 127 Å². The van der Waals surface area contributed by atoms with Gasteiger partial charge in [-0.05, 0) is 11.4 Å². The first-order valence-electron chi connectivity index (χ1n) is 6.24. The molecule has 0 amide bonds. The number of pyridine rings is 1. The number of hydrogen-bond donors (Lipinski definition) is 1. The first-order chi connectivity index (χ1) is 10.1. The smallest absolute Gasteiger partial charge is 0.248 e. The minimum absolute atomic E-state index is 0.186. The van der Waals surface area contributed by atoms with Gasteiger partial charge in [0.1, 0.15) is 4.90 Å². The summed E-state index contributed by atoms with van der Waals surface area (Å²) >= 11 is 1.47. The Hall–Kier alpha value is -1.48. The topological polar surface area (TPSA) is 79.5 Å². The molecule has 0 aliphatic rings. The highest BCUT2D eigenvalue weighted by Crippen LogP contribution is 2.18. The van der Waals surface area contributed by atoms with E-state index in [0.717, 1.165) is 4.88 Å². The van der Waals surface area contributed by atoms with E-state index in [1.807, 2.05) is 17.5 Å². The van der Waals surface area contributed by atoms with Crippen LogP contribution in [-0.2, 0) is 21.3 Å². The number of methoxy groups -OCH3 is 1. The quantitative estimate of drug-likeness (QED) is 0.830. The lowest BCUT2D eigenvalue weighted by Crippen LogP contribution is -2.35. The van der Waals surface area contributed by atoms with Crippen LogP contribution in [0.1, 0.15) is 4.88 Å². The summed E-state index contributed by atoms with van der Waals surface area (Å²) in [7, 11) is -2.36. The van der Waals surface area contributed by atoms with E-state index in [-0.39, 0.29) is 24.6 Å². The molecule has 2 aromatic heterocycles. The van der Waals surface area contributed by atoms with Gasteiger partial charge in [-0.2, -0.15) is 4.31 Å². The molecular weight excluding hydrogens is 312 g/mol. The van der Waals surface area contributed by atoms with Crippen LogP contribution in [0, 0.1) is 0 Å². The van der Waals surface area contributed by atoms with Crippen molar-refractivity contribution in [3.63, 3.8) is 0 Å². The van der Waals surface area contributed by atoms with Crippen LogP contribution in [0.4, 0.5) is 0 Å². The molecule has 0 saturated carbocycles. The third kappa shape index (κ3) is 3.79. The lowest BCUT2D eigenvalue weighted by atomic mass is 10.4. The van der Waals surface area contributed by atoms with Crippen molar-refractivity contribution < 1.29 is 13.2 Å². The second-order valence-corrected chi connectivity index (χ2v) is 7.22. The Kier molecular flexibility index (Phi) is 5.29. The molecule has 114 valence electrons. The first kappa shape index (κ1) is 15.9. The number of thiophene rings is 1. The van der Waals surface area contributed by atoms with E-state index in [0.29, 0.717) is 0 Å². The highest BCUT2D eigenvalue weighted by molar-refractivity contribution is 7.89. The average molecular weight is 328 g/mol. The maximum Gasteiger partial charge on any atom is 0.248 e. The lowest BCUT2D eigenvalue weighted by molar-refractivity contribution is 0.177. The molecule has 0 saturated heterocycles. The van der Waals surface area contributed by atoms with Crippen LogP contribution < -0.4 is 5.43 Å². The van der Waals surface area contributed by atoms with Gasteiger partial charge in [0, 0.05) is 43.5 Å². The maximum absolute atomic E-state index is 12.6. The normalized spacial score (nSPS) is 11.9. The van der Waals surface area contributed by atoms with Crippen molar-refractivity contribution >= 4 is 21.4 Å². The monoisotopic (exact) mass is 328 g/mol. The van der Waals surface area contributed by atoms with E-state index < -0.39 is 15.5 Å². The summed E-state index contributed by atoms with van der Waals surface area (Å²) < 4.78 is 31.5. The Morgan fingerprint density at radius 2 is 2.19 bits per heavy atom. The first-order valence-corrected chi connectivity index (χ1v) is 8.56. The van der Waals surface area contributed by atoms with Crippen LogP contribution in [0.5, 0.6) is 0 Å². The zero-order valence-electron chi connectivity index (χ0n) is 11.5. The van der Waals surface area contributed by atoms with Crippen molar-refractivity contribution in [3.05, 3.63) is 51.1 Å². The molecule has 0 radical (unpaired) electrons. The summed E-state index contributed by atoms with van der Waals surface area (Å²) in [6.45, 7) is 0.665. The number of H-pyrrole nitrogens is 1. The lowest BCUT2D eigenvalue weighted by Gasteiger charge is -2.20. The minimum Gasteiger partial charge on any atom is -0.383 e. The summed E-state index contributed by atoms with van der Waals surface area (Å²) in [5, 5.41) is 1.88. The van der Waals surface area contributed by atoms with Gasteiger partial charge in [-0.1, -0.05) is 6.07 Å². The number of ether oxygens (including phenoxy) is 1. The number of nitrogens with zero attached hydrogens (tertiary/aromatic N) is 1. The molecule has 0 aromatic carbocycles. The van der Waals surface area contributed by atoms with Gasteiger partial charge in [0.25, 0.3) is 0 Å². The van der Waals surface area contributed by atoms with Crippen LogP contribution in [0.2, 0.25) is 0 Å². The Bertz CT molecular complexity index is 723. The summed E-state index contributed by atoms with van der Waals surface area (Å²) in [5.41, 5.74) is -0.526. The van der Waals surface area contributed by atoms with Gasteiger partial charge in [0.2, 0.25) is 15.5 Å². The van der Waals surface area contributed by atoms with Gasteiger partial charge in [-0.25, -0.2) is 8.42 Å².